The predicted octanol–water partition coefficient (Wildman–Crippen LogP) is 1.78. The molecule has 78 valence electrons. The largest absolute Gasteiger partial charge is 0.396 e. The van der Waals surface area contributed by atoms with Gasteiger partial charge >= 0.3 is 0 Å². The summed E-state index contributed by atoms with van der Waals surface area (Å²) < 4.78 is 1.28. The van der Waals surface area contributed by atoms with Gasteiger partial charge in [-0.2, -0.15) is 0 Å². The Labute approximate surface area is 82.1 Å². The Bertz CT molecular complexity index is 130. The van der Waals surface area contributed by atoms with Gasteiger partial charge in [-0.3, -0.25) is 0 Å². The first-order chi connectivity index (χ1) is 6.27. The molecule has 2 nitrogen and oxygen atoms in total. The van der Waals surface area contributed by atoms with E-state index in [2.05, 4.69) is 7.05 Å². The van der Waals surface area contributed by atoms with Crippen LogP contribution >= 0.6 is 0 Å². The molecule has 0 amide bonds. The Morgan fingerprint density at radius 3 is 2.31 bits per heavy atom. The first kappa shape index (κ1) is 11.0. The fourth-order valence-corrected chi connectivity index (χ4v) is 2.28. The van der Waals surface area contributed by atoms with E-state index in [9.17, 15) is 0 Å². The number of nitrogens with zero attached hydrogens (tertiary/aromatic N) is 1. The van der Waals surface area contributed by atoms with E-state index < -0.39 is 0 Å². The van der Waals surface area contributed by atoms with Crippen molar-refractivity contribution in [3.63, 3.8) is 0 Å². The lowest BCUT2D eigenvalue weighted by Crippen LogP contribution is -2.48. The van der Waals surface area contributed by atoms with E-state index >= 15 is 0 Å². The van der Waals surface area contributed by atoms with Gasteiger partial charge in [-0.1, -0.05) is 0 Å². The van der Waals surface area contributed by atoms with E-state index in [0.717, 1.165) is 6.42 Å². The zero-order valence-electron chi connectivity index (χ0n) is 8.97. The molecule has 0 aliphatic carbocycles. The summed E-state index contributed by atoms with van der Waals surface area (Å²) in [5.41, 5.74) is 0. The number of piperidine rings is 1. The van der Waals surface area contributed by atoms with Crippen molar-refractivity contribution >= 4 is 0 Å². The SMILES string of the molecule is C[N+]1(CCCCCO)CCCCC1. The first-order valence-corrected chi connectivity index (χ1v) is 5.71. The normalized spacial score (nSPS) is 21.7. The Kier molecular flexibility index (Phi) is 4.74. The average Bonchev–Trinajstić information content (AvgIpc) is 2.14. The fourth-order valence-electron chi connectivity index (χ4n) is 2.28. The molecule has 0 radical (unpaired) electrons. The average molecular weight is 186 g/mol. The molecule has 0 spiro atoms. The summed E-state index contributed by atoms with van der Waals surface area (Å²) in [4.78, 5) is 0. The lowest BCUT2D eigenvalue weighted by Gasteiger charge is -2.37. The minimum Gasteiger partial charge on any atom is -0.396 e. The quantitative estimate of drug-likeness (QED) is 0.512. The number of aliphatic hydroxyl groups excluding tert-OH is 1. The van der Waals surface area contributed by atoms with Crippen molar-refractivity contribution in [1.29, 1.82) is 0 Å². The number of quaternary nitrogens is 1. The van der Waals surface area contributed by atoms with Crippen molar-refractivity contribution in [1.82, 2.24) is 0 Å². The molecule has 1 heterocycles. The molecular weight excluding hydrogens is 162 g/mol. The van der Waals surface area contributed by atoms with E-state index in [-0.39, 0.29) is 0 Å². The second-order valence-electron chi connectivity index (χ2n) is 4.64. The Morgan fingerprint density at radius 2 is 1.69 bits per heavy atom. The predicted molar refractivity (Wildman–Crippen MR) is 55.6 cm³/mol. The lowest BCUT2D eigenvalue weighted by molar-refractivity contribution is -0.914. The van der Waals surface area contributed by atoms with Gasteiger partial charge in [0.1, 0.15) is 0 Å². The Hall–Kier alpha value is -0.0800. The first-order valence-electron chi connectivity index (χ1n) is 5.71. The summed E-state index contributed by atoms with van der Waals surface area (Å²) in [5, 5.41) is 8.66. The maximum Gasteiger partial charge on any atom is 0.0784 e. The molecule has 2 heteroatoms. The molecule has 1 fully saturated rings. The molecule has 0 unspecified atom stereocenters. The molecule has 0 saturated carbocycles. The molecular formula is C11H24NO+. The summed E-state index contributed by atoms with van der Waals surface area (Å²) in [6.07, 6.45) is 7.74. The van der Waals surface area contributed by atoms with Crippen LogP contribution in [0.5, 0.6) is 0 Å². The highest BCUT2D eigenvalue weighted by molar-refractivity contribution is 4.52. The number of likely N-dealkylation sites (tertiary alicyclic amines) is 1. The van der Waals surface area contributed by atoms with Gasteiger partial charge in [-0.05, 0) is 38.5 Å². The summed E-state index contributed by atoms with van der Waals surface area (Å²) in [7, 11) is 2.39. The fraction of sp³-hybridized carbons (Fsp3) is 1.00. The zero-order chi connectivity index (χ0) is 9.57. The van der Waals surface area contributed by atoms with E-state index in [1.165, 1.54) is 56.2 Å². The van der Waals surface area contributed by atoms with Crippen molar-refractivity contribution in [2.24, 2.45) is 0 Å². The van der Waals surface area contributed by atoms with Crippen LogP contribution in [0, 0.1) is 0 Å². The topological polar surface area (TPSA) is 20.2 Å². The van der Waals surface area contributed by atoms with Crippen LogP contribution in [0.15, 0.2) is 0 Å². The highest BCUT2D eigenvalue weighted by atomic mass is 16.2. The molecule has 13 heavy (non-hydrogen) atoms. The van der Waals surface area contributed by atoms with E-state index in [1.54, 1.807) is 0 Å². The summed E-state index contributed by atoms with van der Waals surface area (Å²) in [6.45, 7) is 4.43. The van der Waals surface area contributed by atoms with Gasteiger partial charge in [-0.15, -0.1) is 0 Å². The Balaban J connectivity index is 2.10. The molecule has 1 N–H and O–H groups in total. The molecule has 0 aromatic carbocycles. The number of aliphatic hydroxyl groups is 1. The smallest absolute Gasteiger partial charge is 0.0784 e. The molecule has 1 aliphatic rings. The van der Waals surface area contributed by atoms with Gasteiger partial charge in [0.2, 0.25) is 0 Å². The second-order valence-corrected chi connectivity index (χ2v) is 4.64. The molecule has 1 rings (SSSR count). The zero-order valence-corrected chi connectivity index (χ0v) is 8.97. The molecule has 1 aliphatic heterocycles. The standard InChI is InChI=1S/C11H24NO/c1-12(8-4-2-5-9-12)10-6-3-7-11-13/h13H,2-11H2,1H3/q+1. The van der Waals surface area contributed by atoms with Crippen LogP contribution in [0.4, 0.5) is 0 Å². The van der Waals surface area contributed by atoms with Crippen LogP contribution in [0.2, 0.25) is 0 Å². The van der Waals surface area contributed by atoms with Crippen LogP contribution < -0.4 is 0 Å². The third-order valence-electron chi connectivity index (χ3n) is 3.25. The van der Waals surface area contributed by atoms with Crippen molar-refractivity contribution in [3.05, 3.63) is 0 Å². The minimum absolute atomic E-state index is 0.365. The minimum atomic E-state index is 0.365. The van der Waals surface area contributed by atoms with Gasteiger partial charge in [0, 0.05) is 6.61 Å². The van der Waals surface area contributed by atoms with Crippen LogP contribution in [0.1, 0.15) is 38.5 Å². The second kappa shape index (κ2) is 5.61. The van der Waals surface area contributed by atoms with Crippen LogP contribution in [0.25, 0.3) is 0 Å². The lowest BCUT2D eigenvalue weighted by atomic mass is 10.1. The summed E-state index contributed by atoms with van der Waals surface area (Å²) >= 11 is 0. The van der Waals surface area contributed by atoms with Crippen molar-refractivity contribution in [2.45, 2.75) is 38.5 Å². The van der Waals surface area contributed by atoms with E-state index in [1.807, 2.05) is 0 Å². The number of hydrogen-bond donors (Lipinski definition) is 1. The molecule has 0 atom stereocenters. The molecule has 0 aromatic heterocycles. The maximum absolute atomic E-state index is 8.66. The van der Waals surface area contributed by atoms with Crippen molar-refractivity contribution in [3.8, 4) is 0 Å². The van der Waals surface area contributed by atoms with Gasteiger partial charge < -0.3 is 9.59 Å². The van der Waals surface area contributed by atoms with Gasteiger partial charge in [0.05, 0.1) is 26.7 Å². The van der Waals surface area contributed by atoms with Gasteiger partial charge in [-0.25, -0.2) is 0 Å². The molecule has 0 aromatic rings. The highest BCUT2D eigenvalue weighted by Gasteiger charge is 2.23. The van der Waals surface area contributed by atoms with Crippen LogP contribution in [0.3, 0.4) is 0 Å². The number of rotatable bonds is 5. The third kappa shape index (κ3) is 4.10. The molecule has 1 saturated heterocycles. The van der Waals surface area contributed by atoms with Gasteiger partial charge in [0.15, 0.2) is 0 Å². The highest BCUT2D eigenvalue weighted by Crippen LogP contribution is 2.17. The van der Waals surface area contributed by atoms with Crippen LogP contribution in [-0.4, -0.2) is 42.9 Å². The van der Waals surface area contributed by atoms with E-state index in [0.29, 0.717) is 6.61 Å². The van der Waals surface area contributed by atoms with E-state index in [4.69, 9.17) is 5.11 Å². The van der Waals surface area contributed by atoms with Crippen LogP contribution in [-0.2, 0) is 0 Å². The van der Waals surface area contributed by atoms with Gasteiger partial charge in [0.25, 0.3) is 0 Å². The number of unbranched alkanes of at least 4 members (excludes halogenated alkanes) is 2. The van der Waals surface area contributed by atoms with Crippen molar-refractivity contribution < 1.29 is 9.59 Å². The Morgan fingerprint density at radius 1 is 1.00 bits per heavy atom. The monoisotopic (exact) mass is 186 g/mol. The molecule has 0 bridgehead atoms. The third-order valence-corrected chi connectivity index (χ3v) is 3.25. The summed E-state index contributed by atoms with van der Waals surface area (Å²) in [5.74, 6) is 0. The van der Waals surface area contributed by atoms with Crippen molar-refractivity contribution in [2.75, 3.05) is 33.3 Å². The number of hydrogen-bond acceptors (Lipinski definition) is 1. The maximum atomic E-state index is 8.66. The summed E-state index contributed by atoms with van der Waals surface area (Å²) in [6, 6.07) is 0.